The summed E-state index contributed by atoms with van der Waals surface area (Å²) in [6.45, 7) is 1.53. The van der Waals surface area contributed by atoms with Crippen LogP contribution in [0.1, 0.15) is 16.7 Å². The zero-order valence-corrected chi connectivity index (χ0v) is 16.0. The molecule has 1 N–H and O–H groups in total. The Kier molecular flexibility index (Phi) is 4.04. The minimum Gasteiger partial charge on any atom is -0.318 e. The molecular formula is C23H19N5O. The zero-order valence-electron chi connectivity index (χ0n) is 16.0. The summed E-state index contributed by atoms with van der Waals surface area (Å²) < 4.78 is 3.55. The van der Waals surface area contributed by atoms with Crippen molar-refractivity contribution in [3.05, 3.63) is 82.0 Å². The fraction of sp³-hybridized carbons (Fsp3) is 0.174. The molecular weight excluding hydrogens is 362 g/mol. The Bertz CT molecular complexity index is 1340. The van der Waals surface area contributed by atoms with E-state index in [2.05, 4.69) is 28.6 Å². The largest absolute Gasteiger partial charge is 0.318 e. The highest BCUT2D eigenvalue weighted by molar-refractivity contribution is 5.81. The number of hydrogen-bond donors (Lipinski definition) is 1. The van der Waals surface area contributed by atoms with Gasteiger partial charge in [-0.15, -0.1) is 0 Å². The molecule has 6 heteroatoms. The fourth-order valence-electron chi connectivity index (χ4n) is 4.06. The van der Waals surface area contributed by atoms with Crippen molar-refractivity contribution in [3.63, 3.8) is 0 Å². The summed E-state index contributed by atoms with van der Waals surface area (Å²) in [6.07, 6.45) is 6.53. The van der Waals surface area contributed by atoms with Crippen LogP contribution >= 0.6 is 0 Å². The molecule has 4 aromatic rings. The summed E-state index contributed by atoms with van der Waals surface area (Å²) in [5.74, 6) is 0. The van der Waals surface area contributed by atoms with Gasteiger partial charge >= 0.3 is 0 Å². The molecule has 1 aliphatic rings. The molecule has 0 bridgehead atoms. The van der Waals surface area contributed by atoms with Crippen LogP contribution in [0, 0.1) is 11.3 Å². The third-order valence-electron chi connectivity index (χ3n) is 5.60. The lowest BCUT2D eigenvalue weighted by atomic mass is 9.94. The first-order valence-electron chi connectivity index (χ1n) is 9.56. The first-order chi connectivity index (χ1) is 14.2. The van der Waals surface area contributed by atoms with Crippen molar-refractivity contribution in [1.82, 2.24) is 19.5 Å². The monoisotopic (exact) mass is 381 g/mol. The van der Waals surface area contributed by atoms with Gasteiger partial charge < -0.3 is 9.88 Å². The van der Waals surface area contributed by atoms with Gasteiger partial charge in [-0.25, -0.2) is 4.52 Å². The molecule has 1 aliphatic heterocycles. The average Bonchev–Trinajstić information content (AvgIpc) is 3.19. The van der Waals surface area contributed by atoms with E-state index in [1.54, 1.807) is 4.57 Å². The molecule has 6 nitrogen and oxygen atoms in total. The molecule has 1 aromatic carbocycles. The predicted octanol–water partition coefficient (Wildman–Crippen LogP) is 2.88. The minimum absolute atomic E-state index is 0.0912. The van der Waals surface area contributed by atoms with Gasteiger partial charge in [0.05, 0.1) is 23.3 Å². The van der Waals surface area contributed by atoms with E-state index < -0.39 is 0 Å². The molecule has 0 radical (unpaired) electrons. The SMILES string of the molecule is Cn1cc(-c2ccc3c(-c4ccc(C#N)cc4)cnn3c2)c2c(c1=O)CCNC2. The number of nitriles is 1. The standard InChI is InChI=1S/C23H19N5O/c1-27-14-21(20-11-25-9-8-18(20)23(27)29)17-6-7-22-19(12-26-28(22)13-17)16-4-2-15(10-24)3-5-16/h2-7,12-14,25H,8-9,11H2,1H3. The van der Waals surface area contributed by atoms with Gasteiger partial charge in [0.1, 0.15) is 0 Å². The zero-order chi connectivity index (χ0) is 20.0. The van der Waals surface area contributed by atoms with Crippen molar-refractivity contribution in [2.24, 2.45) is 7.05 Å². The van der Waals surface area contributed by atoms with E-state index in [1.807, 2.05) is 54.4 Å². The molecule has 0 saturated carbocycles. The lowest BCUT2D eigenvalue weighted by molar-refractivity contribution is 0.629. The summed E-state index contributed by atoms with van der Waals surface area (Å²) in [7, 11) is 1.81. The Labute approximate surface area is 167 Å². The van der Waals surface area contributed by atoms with Crippen LogP contribution in [0.15, 0.2) is 59.8 Å². The highest BCUT2D eigenvalue weighted by Crippen LogP contribution is 2.30. The minimum atomic E-state index is 0.0912. The lowest BCUT2D eigenvalue weighted by Gasteiger charge is -2.21. The van der Waals surface area contributed by atoms with E-state index in [4.69, 9.17) is 5.26 Å². The summed E-state index contributed by atoms with van der Waals surface area (Å²) in [5, 5.41) is 16.9. The lowest BCUT2D eigenvalue weighted by Crippen LogP contribution is -2.33. The first-order valence-corrected chi connectivity index (χ1v) is 9.56. The molecule has 0 aliphatic carbocycles. The van der Waals surface area contributed by atoms with Crippen LogP contribution in [0.4, 0.5) is 0 Å². The third kappa shape index (κ3) is 2.84. The van der Waals surface area contributed by atoms with Crippen molar-refractivity contribution < 1.29 is 0 Å². The number of hydrogen-bond acceptors (Lipinski definition) is 4. The summed E-state index contributed by atoms with van der Waals surface area (Å²) >= 11 is 0. The number of aromatic nitrogens is 3. The molecule has 3 aromatic heterocycles. The number of aryl methyl sites for hydroxylation is 1. The smallest absolute Gasteiger partial charge is 0.253 e. The van der Waals surface area contributed by atoms with Crippen molar-refractivity contribution in [2.75, 3.05) is 6.54 Å². The van der Waals surface area contributed by atoms with Gasteiger partial charge in [-0.3, -0.25) is 4.79 Å². The molecule has 0 spiro atoms. The Morgan fingerprint density at radius 3 is 2.62 bits per heavy atom. The average molecular weight is 381 g/mol. The Balaban J connectivity index is 1.63. The number of rotatable bonds is 2. The second-order valence-corrected chi connectivity index (χ2v) is 7.34. The van der Waals surface area contributed by atoms with Crippen LogP contribution in [0.25, 0.3) is 27.8 Å². The van der Waals surface area contributed by atoms with E-state index >= 15 is 0 Å². The van der Waals surface area contributed by atoms with Crippen LogP contribution in [-0.4, -0.2) is 20.7 Å². The van der Waals surface area contributed by atoms with Crippen molar-refractivity contribution in [1.29, 1.82) is 5.26 Å². The van der Waals surface area contributed by atoms with Crippen molar-refractivity contribution in [3.8, 4) is 28.3 Å². The second kappa shape index (κ2) is 6.73. The highest BCUT2D eigenvalue weighted by Gasteiger charge is 2.19. The first kappa shape index (κ1) is 17.4. The molecule has 5 rings (SSSR count). The maximum atomic E-state index is 12.5. The number of fused-ring (bicyclic) bond motifs is 2. The van der Waals surface area contributed by atoms with Crippen LogP contribution in [-0.2, 0) is 20.0 Å². The van der Waals surface area contributed by atoms with Crippen LogP contribution in [0.5, 0.6) is 0 Å². The van der Waals surface area contributed by atoms with E-state index in [9.17, 15) is 4.79 Å². The Morgan fingerprint density at radius 2 is 1.83 bits per heavy atom. The van der Waals surface area contributed by atoms with Gasteiger partial charge in [0, 0.05) is 48.2 Å². The van der Waals surface area contributed by atoms with Crippen molar-refractivity contribution >= 4 is 5.52 Å². The second-order valence-electron chi connectivity index (χ2n) is 7.34. The summed E-state index contributed by atoms with van der Waals surface area (Å²) in [5.41, 5.74) is 7.85. The number of nitrogens with one attached hydrogen (secondary N) is 1. The van der Waals surface area contributed by atoms with Crippen LogP contribution in [0.2, 0.25) is 0 Å². The highest BCUT2D eigenvalue weighted by atomic mass is 16.1. The van der Waals surface area contributed by atoms with Gasteiger partial charge in [-0.05, 0) is 42.3 Å². The number of nitrogens with zero attached hydrogens (tertiary/aromatic N) is 4. The van der Waals surface area contributed by atoms with Gasteiger partial charge in [0.2, 0.25) is 0 Å². The Morgan fingerprint density at radius 1 is 1.03 bits per heavy atom. The summed E-state index contributed by atoms with van der Waals surface area (Å²) in [4.78, 5) is 12.5. The topological polar surface area (TPSA) is 75.1 Å². The van der Waals surface area contributed by atoms with Gasteiger partial charge in [-0.1, -0.05) is 18.2 Å². The predicted molar refractivity (Wildman–Crippen MR) is 111 cm³/mol. The Hall–Kier alpha value is -3.69. The van der Waals surface area contributed by atoms with E-state index in [-0.39, 0.29) is 5.56 Å². The van der Waals surface area contributed by atoms with E-state index in [0.717, 1.165) is 51.9 Å². The number of pyridine rings is 2. The van der Waals surface area contributed by atoms with Crippen LogP contribution in [0.3, 0.4) is 0 Å². The molecule has 4 heterocycles. The maximum Gasteiger partial charge on any atom is 0.253 e. The molecule has 29 heavy (non-hydrogen) atoms. The van der Waals surface area contributed by atoms with Crippen molar-refractivity contribution in [2.45, 2.75) is 13.0 Å². The van der Waals surface area contributed by atoms with Gasteiger partial charge in [0.15, 0.2) is 0 Å². The van der Waals surface area contributed by atoms with Gasteiger partial charge in [-0.2, -0.15) is 10.4 Å². The maximum absolute atomic E-state index is 12.5. The molecule has 0 saturated heterocycles. The molecule has 0 atom stereocenters. The third-order valence-corrected chi connectivity index (χ3v) is 5.60. The van der Waals surface area contributed by atoms with Gasteiger partial charge in [0.25, 0.3) is 5.56 Å². The molecule has 0 unspecified atom stereocenters. The van der Waals surface area contributed by atoms with Crippen LogP contribution < -0.4 is 10.9 Å². The molecule has 0 amide bonds. The quantitative estimate of drug-likeness (QED) is 0.579. The number of benzene rings is 1. The van der Waals surface area contributed by atoms with E-state index in [0.29, 0.717) is 12.1 Å². The molecule has 142 valence electrons. The molecule has 0 fully saturated rings. The normalized spacial score (nSPS) is 13.2. The summed E-state index contributed by atoms with van der Waals surface area (Å²) in [6, 6.07) is 13.8. The fourth-order valence-corrected chi connectivity index (χ4v) is 4.06. The van der Waals surface area contributed by atoms with E-state index in [1.165, 1.54) is 0 Å².